The molecule has 0 bridgehead atoms. The number of benzene rings is 2. The first-order valence-electron chi connectivity index (χ1n) is 8.08. The lowest BCUT2D eigenvalue weighted by molar-refractivity contribution is 0.104. The van der Waals surface area contributed by atoms with Gasteiger partial charge in [-0.15, -0.1) is 0 Å². The third-order valence-electron chi connectivity index (χ3n) is 4.20. The van der Waals surface area contributed by atoms with Crippen molar-refractivity contribution < 1.29 is 4.79 Å². The standard InChI is InChI=1S/C20H21N3OS/c1-11-8-9-15(14(4)10-11)17(24)18-19(21)23-20(25-18)22-16-12(2)6-5-7-13(16)3/h5-10H,21H2,1-4H3,(H,22,23). The van der Waals surface area contributed by atoms with Crippen molar-refractivity contribution in [1.82, 2.24) is 4.98 Å². The molecular formula is C20H21N3OS. The van der Waals surface area contributed by atoms with Gasteiger partial charge in [0.2, 0.25) is 5.78 Å². The second-order valence-corrected chi connectivity index (χ2v) is 7.27. The van der Waals surface area contributed by atoms with Crippen LogP contribution in [0, 0.1) is 27.7 Å². The number of nitrogens with zero attached hydrogens (tertiary/aromatic N) is 1. The summed E-state index contributed by atoms with van der Waals surface area (Å²) in [6.07, 6.45) is 0. The molecule has 1 heterocycles. The molecule has 128 valence electrons. The van der Waals surface area contributed by atoms with Gasteiger partial charge in [0.25, 0.3) is 0 Å². The molecule has 1 aromatic heterocycles. The second-order valence-electron chi connectivity index (χ2n) is 6.27. The number of aromatic nitrogens is 1. The van der Waals surface area contributed by atoms with Crippen molar-refractivity contribution in [3.8, 4) is 0 Å². The molecule has 0 saturated heterocycles. The van der Waals surface area contributed by atoms with Crippen molar-refractivity contribution in [3.63, 3.8) is 0 Å². The Labute approximate surface area is 151 Å². The molecule has 3 rings (SSSR count). The molecule has 0 radical (unpaired) electrons. The zero-order valence-corrected chi connectivity index (χ0v) is 15.6. The topological polar surface area (TPSA) is 68.0 Å². The molecule has 25 heavy (non-hydrogen) atoms. The minimum Gasteiger partial charge on any atom is -0.382 e. The number of ketones is 1. The highest BCUT2D eigenvalue weighted by Crippen LogP contribution is 2.32. The highest BCUT2D eigenvalue weighted by molar-refractivity contribution is 7.18. The first-order valence-corrected chi connectivity index (χ1v) is 8.90. The molecular weight excluding hydrogens is 330 g/mol. The lowest BCUT2D eigenvalue weighted by atomic mass is 10.0. The Bertz CT molecular complexity index is 939. The Hall–Kier alpha value is -2.66. The summed E-state index contributed by atoms with van der Waals surface area (Å²) in [4.78, 5) is 17.7. The van der Waals surface area contributed by atoms with E-state index in [-0.39, 0.29) is 11.6 Å². The number of carbonyl (C=O) groups is 1. The molecule has 0 spiro atoms. The van der Waals surface area contributed by atoms with E-state index in [2.05, 4.69) is 10.3 Å². The summed E-state index contributed by atoms with van der Waals surface area (Å²) in [5.74, 6) is 0.186. The SMILES string of the molecule is Cc1ccc(C(=O)c2sc(Nc3c(C)cccc3C)nc2N)c(C)c1. The first kappa shape index (κ1) is 17.2. The molecule has 0 fully saturated rings. The smallest absolute Gasteiger partial charge is 0.207 e. The Morgan fingerprint density at radius 2 is 1.72 bits per heavy atom. The van der Waals surface area contributed by atoms with E-state index in [1.807, 2.05) is 64.1 Å². The summed E-state index contributed by atoms with van der Waals surface area (Å²) in [6.45, 7) is 8.02. The van der Waals surface area contributed by atoms with Gasteiger partial charge in [0.1, 0.15) is 10.7 Å². The van der Waals surface area contributed by atoms with Crippen LogP contribution < -0.4 is 11.1 Å². The molecule has 0 unspecified atom stereocenters. The van der Waals surface area contributed by atoms with E-state index in [1.54, 1.807) is 0 Å². The van der Waals surface area contributed by atoms with E-state index in [1.165, 1.54) is 11.3 Å². The number of hydrogen-bond donors (Lipinski definition) is 2. The monoisotopic (exact) mass is 351 g/mol. The largest absolute Gasteiger partial charge is 0.382 e. The van der Waals surface area contributed by atoms with Crippen LogP contribution in [0.5, 0.6) is 0 Å². The van der Waals surface area contributed by atoms with Gasteiger partial charge in [0.05, 0.1) is 0 Å². The van der Waals surface area contributed by atoms with Gasteiger partial charge in [0.15, 0.2) is 5.13 Å². The summed E-state index contributed by atoms with van der Waals surface area (Å²) in [5.41, 5.74) is 12.0. The van der Waals surface area contributed by atoms with Gasteiger partial charge in [0, 0.05) is 11.3 Å². The maximum Gasteiger partial charge on any atom is 0.207 e. The molecule has 0 saturated carbocycles. The third-order valence-corrected chi connectivity index (χ3v) is 5.18. The molecule has 0 amide bonds. The Morgan fingerprint density at radius 1 is 1.04 bits per heavy atom. The lowest BCUT2D eigenvalue weighted by Gasteiger charge is -2.09. The van der Waals surface area contributed by atoms with E-state index in [0.29, 0.717) is 15.6 Å². The van der Waals surface area contributed by atoms with Gasteiger partial charge < -0.3 is 11.1 Å². The second kappa shape index (κ2) is 6.69. The van der Waals surface area contributed by atoms with Crippen molar-refractivity contribution in [3.05, 3.63) is 69.1 Å². The number of nitrogens with two attached hydrogens (primary N) is 1. The van der Waals surface area contributed by atoms with Gasteiger partial charge >= 0.3 is 0 Å². The average molecular weight is 351 g/mol. The number of thiazole rings is 1. The summed E-state index contributed by atoms with van der Waals surface area (Å²) in [7, 11) is 0. The van der Waals surface area contributed by atoms with Crippen LogP contribution in [0.3, 0.4) is 0 Å². The highest BCUT2D eigenvalue weighted by atomic mass is 32.1. The maximum absolute atomic E-state index is 12.9. The number of para-hydroxylation sites is 1. The molecule has 0 aliphatic carbocycles. The summed E-state index contributed by atoms with van der Waals surface area (Å²) >= 11 is 1.29. The highest BCUT2D eigenvalue weighted by Gasteiger charge is 2.20. The lowest BCUT2D eigenvalue weighted by Crippen LogP contribution is -2.04. The average Bonchev–Trinajstić information content (AvgIpc) is 2.91. The number of rotatable bonds is 4. The molecule has 4 nitrogen and oxygen atoms in total. The van der Waals surface area contributed by atoms with Crippen LogP contribution in [0.15, 0.2) is 36.4 Å². The minimum absolute atomic E-state index is 0.0814. The van der Waals surface area contributed by atoms with Gasteiger partial charge in [-0.3, -0.25) is 4.79 Å². The molecule has 0 aliphatic heterocycles. The number of carbonyl (C=O) groups excluding carboxylic acids is 1. The van der Waals surface area contributed by atoms with Gasteiger partial charge in [-0.25, -0.2) is 4.98 Å². The fraction of sp³-hybridized carbons (Fsp3) is 0.200. The van der Waals surface area contributed by atoms with Crippen molar-refractivity contribution in [2.45, 2.75) is 27.7 Å². The number of anilines is 3. The normalized spacial score (nSPS) is 10.7. The number of hydrogen-bond acceptors (Lipinski definition) is 5. The number of aryl methyl sites for hydroxylation is 4. The molecule has 3 N–H and O–H groups in total. The third kappa shape index (κ3) is 3.42. The van der Waals surface area contributed by atoms with Gasteiger partial charge in [-0.05, 0) is 44.4 Å². The summed E-state index contributed by atoms with van der Waals surface area (Å²) < 4.78 is 0. The van der Waals surface area contributed by atoms with Crippen LogP contribution in [-0.2, 0) is 0 Å². The van der Waals surface area contributed by atoms with Crippen LogP contribution in [0.2, 0.25) is 0 Å². The maximum atomic E-state index is 12.9. The Balaban J connectivity index is 1.94. The zero-order valence-electron chi connectivity index (χ0n) is 14.8. The van der Waals surface area contributed by atoms with Crippen LogP contribution in [0.25, 0.3) is 0 Å². The first-order chi connectivity index (χ1) is 11.9. The zero-order chi connectivity index (χ0) is 18.1. The fourth-order valence-corrected chi connectivity index (χ4v) is 3.70. The van der Waals surface area contributed by atoms with Crippen molar-refractivity contribution in [1.29, 1.82) is 0 Å². The molecule has 2 aromatic carbocycles. The van der Waals surface area contributed by atoms with E-state index in [4.69, 9.17) is 5.73 Å². The van der Waals surface area contributed by atoms with E-state index in [9.17, 15) is 4.79 Å². The van der Waals surface area contributed by atoms with Crippen LogP contribution in [-0.4, -0.2) is 10.8 Å². The van der Waals surface area contributed by atoms with Crippen LogP contribution >= 0.6 is 11.3 Å². The van der Waals surface area contributed by atoms with Crippen molar-refractivity contribution in [2.75, 3.05) is 11.1 Å². The minimum atomic E-state index is -0.0814. The Kier molecular flexibility index (Phi) is 4.59. The number of nitrogen functional groups attached to an aromatic ring is 1. The summed E-state index contributed by atoms with van der Waals surface area (Å²) in [6, 6.07) is 11.9. The predicted molar refractivity (Wildman–Crippen MR) is 105 cm³/mol. The Morgan fingerprint density at radius 3 is 2.36 bits per heavy atom. The van der Waals surface area contributed by atoms with Gasteiger partial charge in [-0.1, -0.05) is 53.3 Å². The fourth-order valence-electron chi connectivity index (χ4n) is 2.86. The van der Waals surface area contributed by atoms with E-state index in [0.717, 1.165) is 27.9 Å². The molecule has 5 heteroatoms. The van der Waals surface area contributed by atoms with Crippen molar-refractivity contribution >= 4 is 33.8 Å². The van der Waals surface area contributed by atoms with Gasteiger partial charge in [-0.2, -0.15) is 0 Å². The molecule has 0 aliphatic rings. The van der Waals surface area contributed by atoms with Crippen molar-refractivity contribution in [2.24, 2.45) is 0 Å². The van der Waals surface area contributed by atoms with E-state index >= 15 is 0 Å². The quantitative estimate of drug-likeness (QED) is 0.654. The van der Waals surface area contributed by atoms with E-state index < -0.39 is 0 Å². The molecule has 3 aromatic rings. The predicted octanol–water partition coefficient (Wildman–Crippen LogP) is 4.93. The molecule has 0 atom stereocenters. The summed E-state index contributed by atoms with van der Waals surface area (Å²) in [5, 5.41) is 3.93. The van der Waals surface area contributed by atoms with Crippen LogP contribution in [0.1, 0.15) is 37.5 Å². The number of nitrogens with one attached hydrogen (secondary N) is 1. The van der Waals surface area contributed by atoms with Crippen LogP contribution in [0.4, 0.5) is 16.6 Å².